The molecule has 2 nitrogen and oxygen atoms in total. The summed E-state index contributed by atoms with van der Waals surface area (Å²) >= 11 is 0. The molecule has 14 heavy (non-hydrogen) atoms. The van der Waals surface area contributed by atoms with Gasteiger partial charge in [-0.3, -0.25) is 0 Å². The number of rotatable bonds is 1. The van der Waals surface area contributed by atoms with Gasteiger partial charge >= 0.3 is 0 Å². The molecule has 0 amide bonds. The van der Waals surface area contributed by atoms with E-state index < -0.39 is 0 Å². The fourth-order valence-electron chi connectivity index (χ4n) is 2.55. The standard InChI is InChI=1S/C12H18N2/c1-8-4-5-9(2)12-11(8)10(6-13)7-14(12)3/h4-5,10H,6-7,13H2,1-3H3. The van der Waals surface area contributed by atoms with Crippen molar-refractivity contribution in [2.24, 2.45) is 5.73 Å². The van der Waals surface area contributed by atoms with Crippen molar-refractivity contribution in [3.8, 4) is 0 Å². The lowest BCUT2D eigenvalue weighted by molar-refractivity contribution is 0.727. The maximum Gasteiger partial charge on any atom is 0.0432 e. The number of nitrogens with zero attached hydrogens (tertiary/aromatic N) is 1. The summed E-state index contributed by atoms with van der Waals surface area (Å²) in [5.74, 6) is 0.523. The first-order chi connectivity index (χ1) is 6.65. The fraction of sp³-hybridized carbons (Fsp3) is 0.500. The minimum absolute atomic E-state index is 0.523. The van der Waals surface area contributed by atoms with Crippen LogP contribution in [0.1, 0.15) is 22.6 Å². The van der Waals surface area contributed by atoms with E-state index in [1.54, 1.807) is 0 Å². The quantitative estimate of drug-likeness (QED) is 0.731. The summed E-state index contributed by atoms with van der Waals surface area (Å²) in [5, 5.41) is 0. The highest BCUT2D eigenvalue weighted by Gasteiger charge is 2.27. The van der Waals surface area contributed by atoms with E-state index in [4.69, 9.17) is 5.73 Å². The molecule has 1 aromatic carbocycles. The summed E-state index contributed by atoms with van der Waals surface area (Å²) in [4.78, 5) is 2.33. The number of fused-ring (bicyclic) bond motifs is 1. The summed E-state index contributed by atoms with van der Waals surface area (Å²) in [6, 6.07) is 4.40. The second-order valence-corrected chi connectivity index (χ2v) is 4.27. The average Bonchev–Trinajstić information content (AvgIpc) is 2.50. The van der Waals surface area contributed by atoms with Crippen molar-refractivity contribution in [1.82, 2.24) is 0 Å². The molecule has 0 spiro atoms. The van der Waals surface area contributed by atoms with Gasteiger partial charge in [-0.1, -0.05) is 12.1 Å². The predicted octanol–water partition coefficient (Wildman–Crippen LogP) is 1.80. The molecular formula is C12H18N2. The van der Waals surface area contributed by atoms with Crippen molar-refractivity contribution in [3.05, 3.63) is 28.8 Å². The third kappa shape index (κ3) is 1.22. The van der Waals surface area contributed by atoms with E-state index in [2.05, 4.69) is 37.9 Å². The molecule has 0 bridgehead atoms. The highest BCUT2D eigenvalue weighted by Crippen LogP contribution is 2.39. The maximum atomic E-state index is 5.80. The zero-order valence-electron chi connectivity index (χ0n) is 9.17. The van der Waals surface area contributed by atoms with Gasteiger partial charge in [0, 0.05) is 31.7 Å². The van der Waals surface area contributed by atoms with E-state index in [9.17, 15) is 0 Å². The predicted molar refractivity (Wildman–Crippen MR) is 61.0 cm³/mol. The van der Waals surface area contributed by atoms with E-state index in [1.165, 1.54) is 22.4 Å². The highest BCUT2D eigenvalue weighted by molar-refractivity contribution is 5.66. The first kappa shape index (κ1) is 9.53. The molecule has 0 saturated heterocycles. The molecular weight excluding hydrogens is 172 g/mol. The molecule has 76 valence electrons. The van der Waals surface area contributed by atoms with Gasteiger partial charge in [0.05, 0.1) is 0 Å². The topological polar surface area (TPSA) is 29.3 Å². The maximum absolute atomic E-state index is 5.80. The van der Waals surface area contributed by atoms with Crippen LogP contribution in [-0.4, -0.2) is 20.1 Å². The van der Waals surface area contributed by atoms with Gasteiger partial charge in [-0.2, -0.15) is 0 Å². The summed E-state index contributed by atoms with van der Waals surface area (Å²) in [6.07, 6.45) is 0. The highest BCUT2D eigenvalue weighted by atomic mass is 15.1. The largest absolute Gasteiger partial charge is 0.373 e. The van der Waals surface area contributed by atoms with Gasteiger partial charge in [0.1, 0.15) is 0 Å². The number of aryl methyl sites for hydroxylation is 2. The molecule has 2 rings (SSSR count). The number of nitrogens with two attached hydrogens (primary N) is 1. The molecule has 2 N–H and O–H groups in total. The molecule has 1 aromatic rings. The fourth-order valence-corrected chi connectivity index (χ4v) is 2.55. The zero-order valence-corrected chi connectivity index (χ0v) is 9.17. The van der Waals surface area contributed by atoms with Crippen molar-refractivity contribution < 1.29 is 0 Å². The average molecular weight is 190 g/mol. The Bertz CT molecular complexity index is 358. The summed E-state index contributed by atoms with van der Waals surface area (Å²) < 4.78 is 0. The summed E-state index contributed by atoms with van der Waals surface area (Å²) in [5.41, 5.74) is 11.4. The van der Waals surface area contributed by atoms with Crippen LogP contribution in [0.25, 0.3) is 0 Å². The summed E-state index contributed by atoms with van der Waals surface area (Å²) in [7, 11) is 2.15. The van der Waals surface area contributed by atoms with Crippen molar-refractivity contribution in [2.75, 3.05) is 25.0 Å². The van der Waals surface area contributed by atoms with Gasteiger partial charge in [-0.25, -0.2) is 0 Å². The van der Waals surface area contributed by atoms with Crippen molar-refractivity contribution >= 4 is 5.69 Å². The third-order valence-corrected chi connectivity index (χ3v) is 3.21. The number of likely N-dealkylation sites (N-methyl/N-ethyl adjacent to an activating group) is 1. The van der Waals surface area contributed by atoms with Crippen molar-refractivity contribution in [3.63, 3.8) is 0 Å². The molecule has 1 atom stereocenters. The van der Waals surface area contributed by atoms with Gasteiger partial charge in [0.25, 0.3) is 0 Å². The Labute approximate surface area is 85.7 Å². The lowest BCUT2D eigenvalue weighted by atomic mass is 9.95. The van der Waals surface area contributed by atoms with E-state index >= 15 is 0 Å². The Morgan fingerprint density at radius 2 is 2.00 bits per heavy atom. The smallest absolute Gasteiger partial charge is 0.0432 e. The molecule has 0 aliphatic carbocycles. The van der Waals surface area contributed by atoms with Crippen LogP contribution in [0.4, 0.5) is 5.69 Å². The van der Waals surface area contributed by atoms with Crippen LogP contribution in [0.5, 0.6) is 0 Å². The van der Waals surface area contributed by atoms with Crippen LogP contribution in [-0.2, 0) is 0 Å². The van der Waals surface area contributed by atoms with E-state index in [-0.39, 0.29) is 0 Å². The first-order valence-electron chi connectivity index (χ1n) is 5.16. The van der Waals surface area contributed by atoms with E-state index in [0.717, 1.165) is 13.1 Å². The molecule has 1 heterocycles. The number of benzene rings is 1. The van der Waals surface area contributed by atoms with Gasteiger partial charge in [0.2, 0.25) is 0 Å². The normalized spacial score (nSPS) is 20.0. The van der Waals surface area contributed by atoms with Crippen LogP contribution in [0, 0.1) is 13.8 Å². The molecule has 0 fully saturated rings. The second-order valence-electron chi connectivity index (χ2n) is 4.27. The number of hydrogen-bond donors (Lipinski definition) is 1. The first-order valence-corrected chi connectivity index (χ1v) is 5.16. The Hall–Kier alpha value is -1.02. The Kier molecular flexibility index (Phi) is 2.23. The molecule has 2 heteroatoms. The van der Waals surface area contributed by atoms with Gasteiger partial charge in [0.15, 0.2) is 0 Å². The van der Waals surface area contributed by atoms with Crippen LogP contribution >= 0.6 is 0 Å². The van der Waals surface area contributed by atoms with Gasteiger partial charge in [-0.15, -0.1) is 0 Å². The van der Waals surface area contributed by atoms with Crippen molar-refractivity contribution in [2.45, 2.75) is 19.8 Å². The Balaban J connectivity index is 2.60. The lowest BCUT2D eigenvalue weighted by Gasteiger charge is -2.15. The minimum atomic E-state index is 0.523. The Morgan fingerprint density at radius 3 is 2.64 bits per heavy atom. The SMILES string of the molecule is Cc1ccc(C)c2c1C(CN)CN2C. The Morgan fingerprint density at radius 1 is 1.36 bits per heavy atom. The molecule has 1 aliphatic rings. The minimum Gasteiger partial charge on any atom is -0.373 e. The van der Waals surface area contributed by atoms with Crippen LogP contribution in [0.3, 0.4) is 0 Å². The molecule has 0 saturated carbocycles. The second kappa shape index (κ2) is 3.28. The number of hydrogen-bond acceptors (Lipinski definition) is 2. The molecule has 0 radical (unpaired) electrons. The summed E-state index contributed by atoms with van der Waals surface area (Å²) in [6.45, 7) is 6.17. The van der Waals surface area contributed by atoms with Gasteiger partial charge < -0.3 is 10.6 Å². The van der Waals surface area contributed by atoms with E-state index in [0.29, 0.717) is 5.92 Å². The van der Waals surface area contributed by atoms with Crippen LogP contribution in [0.2, 0.25) is 0 Å². The molecule has 0 aromatic heterocycles. The molecule has 1 unspecified atom stereocenters. The van der Waals surface area contributed by atoms with Gasteiger partial charge in [-0.05, 0) is 30.5 Å². The third-order valence-electron chi connectivity index (χ3n) is 3.21. The zero-order chi connectivity index (χ0) is 10.3. The molecule has 1 aliphatic heterocycles. The van der Waals surface area contributed by atoms with Crippen molar-refractivity contribution in [1.29, 1.82) is 0 Å². The van der Waals surface area contributed by atoms with E-state index in [1.807, 2.05) is 0 Å². The number of anilines is 1. The van der Waals surface area contributed by atoms with Crippen LogP contribution in [0.15, 0.2) is 12.1 Å². The van der Waals surface area contributed by atoms with Crippen LogP contribution < -0.4 is 10.6 Å². The lowest BCUT2D eigenvalue weighted by Crippen LogP contribution is -2.20. The monoisotopic (exact) mass is 190 g/mol.